The Balaban J connectivity index is 0.000000397. The summed E-state index contributed by atoms with van der Waals surface area (Å²) in [6.07, 6.45) is 4.88. The number of hydrogen-bond donors (Lipinski definition) is 0. The minimum atomic E-state index is -0.551. The zero-order chi connectivity index (χ0) is 14.0. The average Bonchev–Trinajstić information content (AvgIpc) is 2.38. The standard InChI is InChI=1S/C6H12N4O2.C4H4N2/c1-9(2)5(11)7-8-6(12)10(3)4;1-2-5-4-6-3-1/h1-4H3;1-4H. The first-order chi connectivity index (χ1) is 8.45. The van der Waals surface area contributed by atoms with Gasteiger partial charge in [-0.1, -0.05) is 10.2 Å². The summed E-state index contributed by atoms with van der Waals surface area (Å²) in [5, 5.41) is 6.33. The van der Waals surface area contributed by atoms with Gasteiger partial charge in [-0.3, -0.25) is 0 Å². The molecule has 0 spiro atoms. The fourth-order valence-electron chi connectivity index (χ4n) is 0.518. The molecule has 0 bridgehead atoms. The average molecular weight is 252 g/mol. The lowest BCUT2D eigenvalue weighted by Gasteiger charge is -2.05. The van der Waals surface area contributed by atoms with Gasteiger partial charge in [0, 0.05) is 40.6 Å². The maximum absolute atomic E-state index is 10.8. The summed E-state index contributed by atoms with van der Waals surface area (Å²) in [5.74, 6) is 0. The van der Waals surface area contributed by atoms with Crippen molar-refractivity contribution in [3.05, 3.63) is 24.8 Å². The van der Waals surface area contributed by atoms with E-state index >= 15 is 0 Å². The van der Waals surface area contributed by atoms with E-state index in [0.717, 1.165) is 0 Å². The van der Waals surface area contributed by atoms with Gasteiger partial charge in [0.05, 0.1) is 0 Å². The summed E-state index contributed by atoms with van der Waals surface area (Å²) in [6, 6.07) is 0.676. The van der Waals surface area contributed by atoms with Gasteiger partial charge in [0.2, 0.25) is 0 Å². The van der Waals surface area contributed by atoms with E-state index in [4.69, 9.17) is 0 Å². The molecule has 0 saturated carbocycles. The summed E-state index contributed by atoms with van der Waals surface area (Å²) in [6.45, 7) is 0. The molecule has 0 aromatic carbocycles. The van der Waals surface area contributed by atoms with Gasteiger partial charge in [0.1, 0.15) is 6.33 Å². The largest absolute Gasteiger partial charge is 0.361 e. The van der Waals surface area contributed by atoms with E-state index in [2.05, 4.69) is 20.2 Å². The summed E-state index contributed by atoms with van der Waals surface area (Å²) < 4.78 is 0. The number of azo groups is 1. The van der Waals surface area contributed by atoms with Gasteiger partial charge in [-0.25, -0.2) is 19.6 Å². The first-order valence-electron chi connectivity index (χ1n) is 4.99. The molecule has 0 radical (unpaired) electrons. The molecule has 0 saturated heterocycles. The highest BCUT2D eigenvalue weighted by Gasteiger charge is 2.03. The fourth-order valence-corrected chi connectivity index (χ4v) is 0.518. The molecule has 0 aliphatic heterocycles. The number of urea groups is 2. The molecule has 1 heterocycles. The van der Waals surface area contributed by atoms with Gasteiger partial charge < -0.3 is 9.80 Å². The van der Waals surface area contributed by atoms with Crippen molar-refractivity contribution in [1.82, 2.24) is 19.8 Å². The Labute approximate surface area is 105 Å². The highest BCUT2D eigenvalue weighted by Crippen LogP contribution is 1.89. The Bertz CT molecular complexity index is 342. The fraction of sp³-hybridized carbons (Fsp3) is 0.400. The molecule has 18 heavy (non-hydrogen) atoms. The molecule has 0 atom stereocenters. The van der Waals surface area contributed by atoms with Crippen LogP contribution in [-0.4, -0.2) is 60.0 Å². The molecule has 1 aromatic heterocycles. The summed E-state index contributed by atoms with van der Waals surface area (Å²) in [5.41, 5.74) is 0. The van der Waals surface area contributed by atoms with Crippen LogP contribution in [0.5, 0.6) is 0 Å². The van der Waals surface area contributed by atoms with Crippen molar-refractivity contribution in [2.24, 2.45) is 10.2 Å². The van der Waals surface area contributed by atoms with Gasteiger partial charge >= 0.3 is 12.1 Å². The van der Waals surface area contributed by atoms with Gasteiger partial charge in [-0.2, -0.15) is 0 Å². The predicted molar refractivity (Wildman–Crippen MR) is 65.1 cm³/mol. The second-order valence-electron chi connectivity index (χ2n) is 3.46. The molecule has 1 aromatic rings. The van der Waals surface area contributed by atoms with Crippen molar-refractivity contribution in [3.8, 4) is 0 Å². The molecule has 0 fully saturated rings. The lowest BCUT2D eigenvalue weighted by atomic mass is 10.7. The number of amides is 4. The first-order valence-corrected chi connectivity index (χ1v) is 4.99. The van der Waals surface area contributed by atoms with E-state index in [-0.39, 0.29) is 0 Å². The topological polar surface area (TPSA) is 91.1 Å². The monoisotopic (exact) mass is 252 g/mol. The van der Waals surface area contributed by atoms with Crippen LogP contribution >= 0.6 is 0 Å². The Morgan fingerprint density at radius 3 is 1.44 bits per heavy atom. The van der Waals surface area contributed by atoms with Crippen LogP contribution in [0.3, 0.4) is 0 Å². The third kappa shape index (κ3) is 7.85. The molecule has 0 unspecified atom stereocenters. The smallest absolute Gasteiger partial charge is 0.328 e. The maximum Gasteiger partial charge on any atom is 0.361 e. The Morgan fingerprint density at radius 1 is 0.889 bits per heavy atom. The Morgan fingerprint density at radius 2 is 1.28 bits per heavy atom. The normalized spacial score (nSPS) is 9.33. The van der Waals surface area contributed by atoms with Crippen molar-refractivity contribution >= 4 is 12.1 Å². The summed E-state index contributed by atoms with van der Waals surface area (Å²) in [7, 11) is 6.12. The first kappa shape index (κ1) is 15.6. The third-order valence-corrected chi connectivity index (χ3v) is 1.46. The van der Waals surface area contributed by atoms with Crippen LogP contribution in [0.15, 0.2) is 35.0 Å². The summed E-state index contributed by atoms with van der Waals surface area (Å²) >= 11 is 0. The lowest BCUT2D eigenvalue weighted by Crippen LogP contribution is -2.20. The van der Waals surface area contributed by atoms with Crippen LogP contribution in [0.25, 0.3) is 0 Å². The van der Waals surface area contributed by atoms with Crippen LogP contribution in [0.2, 0.25) is 0 Å². The van der Waals surface area contributed by atoms with Gasteiger partial charge in [-0.05, 0) is 6.07 Å². The number of carbonyl (C=O) groups is 2. The number of hydrogen-bond acceptors (Lipinski definition) is 4. The molecule has 98 valence electrons. The Hall–Kier alpha value is -2.38. The minimum Gasteiger partial charge on any atom is -0.328 e. The van der Waals surface area contributed by atoms with Crippen molar-refractivity contribution in [2.45, 2.75) is 0 Å². The van der Waals surface area contributed by atoms with Gasteiger partial charge in [0.25, 0.3) is 0 Å². The molecule has 8 heteroatoms. The predicted octanol–water partition coefficient (Wildman–Crippen LogP) is 1.28. The van der Waals surface area contributed by atoms with Crippen molar-refractivity contribution in [3.63, 3.8) is 0 Å². The van der Waals surface area contributed by atoms with E-state index in [1.54, 1.807) is 18.5 Å². The molecule has 0 N–H and O–H groups in total. The number of aromatic nitrogens is 2. The van der Waals surface area contributed by atoms with Crippen molar-refractivity contribution in [2.75, 3.05) is 28.2 Å². The van der Waals surface area contributed by atoms with Crippen LogP contribution in [0.4, 0.5) is 9.59 Å². The third-order valence-electron chi connectivity index (χ3n) is 1.46. The molecular weight excluding hydrogens is 236 g/mol. The zero-order valence-corrected chi connectivity index (χ0v) is 10.8. The quantitative estimate of drug-likeness (QED) is 0.650. The van der Waals surface area contributed by atoms with Crippen LogP contribution < -0.4 is 0 Å². The van der Waals surface area contributed by atoms with Crippen LogP contribution in [0.1, 0.15) is 0 Å². The van der Waals surface area contributed by atoms with Gasteiger partial charge in [-0.15, -0.1) is 0 Å². The van der Waals surface area contributed by atoms with Crippen molar-refractivity contribution in [1.29, 1.82) is 0 Å². The number of nitrogens with zero attached hydrogens (tertiary/aromatic N) is 6. The second kappa shape index (κ2) is 8.74. The molecule has 0 aliphatic carbocycles. The molecule has 4 amide bonds. The lowest BCUT2D eigenvalue weighted by molar-refractivity contribution is 0.218. The summed E-state index contributed by atoms with van der Waals surface area (Å²) in [4.78, 5) is 31.3. The van der Waals surface area contributed by atoms with E-state index in [0.29, 0.717) is 0 Å². The highest BCUT2D eigenvalue weighted by molar-refractivity contribution is 5.79. The van der Waals surface area contributed by atoms with Crippen LogP contribution in [-0.2, 0) is 0 Å². The SMILES string of the molecule is CN(C)C(=O)N=NC(=O)N(C)C.c1cncnc1. The Kier molecular flexibility index (Phi) is 7.58. The van der Waals surface area contributed by atoms with E-state index < -0.39 is 12.1 Å². The van der Waals surface area contributed by atoms with Crippen molar-refractivity contribution < 1.29 is 9.59 Å². The zero-order valence-electron chi connectivity index (χ0n) is 10.8. The maximum atomic E-state index is 10.8. The number of rotatable bonds is 0. The molecule has 8 nitrogen and oxygen atoms in total. The minimum absolute atomic E-state index is 0.551. The van der Waals surface area contributed by atoms with E-state index in [9.17, 15) is 9.59 Å². The highest BCUT2D eigenvalue weighted by atomic mass is 16.2. The van der Waals surface area contributed by atoms with E-state index in [1.165, 1.54) is 44.3 Å². The second-order valence-corrected chi connectivity index (χ2v) is 3.46. The molecular formula is C10H16N6O2. The van der Waals surface area contributed by atoms with Crippen LogP contribution in [0, 0.1) is 0 Å². The number of carbonyl (C=O) groups excluding carboxylic acids is 2. The molecule has 0 aliphatic rings. The van der Waals surface area contributed by atoms with Gasteiger partial charge in [0.15, 0.2) is 0 Å². The molecule has 1 rings (SSSR count). The van der Waals surface area contributed by atoms with E-state index in [1.807, 2.05) is 0 Å².